The first kappa shape index (κ1) is 9.84. The number of anilines is 1. The molecule has 0 spiro atoms. The summed E-state index contributed by atoms with van der Waals surface area (Å²) < 4.78 is 0. The Hall–Kier alpha value is -2.36. The number of nitrogens with two attached hydrogens (primary N) is 1. The highest BCUT2D eigenvalue weighted by Crippen LogP contribution is 2.29. The zero-order valence-corrected chi connectivity index (χ0v) is 9.44. The number of pyridine rings is 1. The van der Waals surface area contributed by atoms with E-state index in [0.29, 0.717) is 5.82 Å². The molecule has 0 bridgehead atoms. The van der Waals surface area contributed by atoms with Gasteiger partial charge in [0.1, 0.15) is 5.82 Å². The Kier molecular flexibility index (Phi) is 2.08. The highest BCUT2D eigenvalue weighted by Gasteiger charge is 2.11. The quantitative estimate of drug-likeness (QED) is 0.667. The van der Waals surface area contributed by atoms with Crippen molar-refractivity contribution in [3.63, 3.8) is 0 Å². The number of H-pyrrole nitrogens is 1. The predicted octanol–water partition coefficient (Wildman–Crippen LogP) is 2.52. The topological polar surface area (TPSA) is 67.6 Å². The molecule has 0 aliphatic rings. The Morgan fingerprint density at radius 3 is 2.76 bits per heavy atom. The molecule has 0 fully saturated rings. The van der Waals surface area contributed by atoms with Gasteiger partial charge in [-0.25, -0.2) is 0 Å². The van der Waals surface area contributed by atoms with Gasteiger partial charge in [0.05, 0.1) is 11.2 Å². The molecular weight excluding hydrogens is 212 g/mol. The van der Waals surface area contributed by atoms with Crippen LogP contribution in [-0.4, -0.2) is 15.2 Å². The van der Waals surface area contributed by atoms with Crippen molar-refractivity contribution < 1.29 is 0 Å². The molecule has 2 aromatic heterocycles. The summed E-state index contributed by atoms with van der Waals surface area (Å²) in [7, 11) is 0. The second-order valence-electron chi connectivity index (χ2n) is 3.98. The lowest BCUT2D eigenvalue weighted by molar-refractivity contribution is 1.10. The lowest BCUT2D eigenvalue weighted by Gasteiger charge is -2.04. The number of hydrogen-bond acceptors (Lipinski definition) is 3. The molecule has 3 rings (SSSR count). The number of para-hydroxylation sites is 1. The Labute approximate surface area is 98.5 Å². The minimum Gasteiger partial charge on any atom is -0.382 e. The van der Waals surface area contributed by atoms with Gasteiger partial charge in [-0.05, 0) is 19.1 Å². The second-order valence-corrected chi connectivity index (χ2v) is 3.98. The van der Waals surface area contributed by atoms with Crippen LogP contribution >= 0.6 is 0 Å². The van der Waals surface area contributed by atoms with Crippen molar-refractivity contribution in [1.29, 1.82) is 0 Å². The predicted molar refractivity (Wildman–Crippen MR) is 68.5 cm³/mol. The summed E-state index contributed by atoms with van der Waals surface area (Å²) in [6.07, 6.45) is 1.80. The fourth-order valence-corrected chi connectivity index (χ4v) is 1.99. The molecule has 0 aliphatic heterocycles. The molecule has 0 radical (unpaired) electrons. The van der Waals surface area contributed by atoms with Crippen molar-refractivity contribution in [3.8, 4) is 11.3 Å². The molecule has 0 saturated carbocycles. The maximum atomic E-state index is 5.76. The number of rotatable bonds is 1. The van der Waals surface area contributed by atoms with E-state index in [1.165, 1.54) is 0 Å². The lowest BCUT2D eigenvalue weighted by atomic mass is 10.0. The van der Waals surface area contributed by atoms with E-state index < -0.39 is 0 Å². The van der Waals surface area contributed by atoms with Crippen LogP contribution < -0.4 is 5.73 Å². The average Bonchev–Trinajstić information content (AvgIpc) is 2.69. The van der Waals surface area contributed by atoms with E-state index in [-0.39, 0.29) is 0 Å². The first-order chi connectivity index (χ1) is 8.27. The normalized spacial score (nSPS) is 10.9. The molecule has 0 unspecified atom stereocenters. The molecule has 3 N–H and O–H groups in total. The smallest absolute Gasteiger partial charge is 0.148 e. The van der Waals surface area contributed by atoms with E-state index in [9.17, 15) is 0 Å². The van der Waals surface area contributed by atoms with E-state index in [4.69, 9.17) is 5.73 Å². The summed E-state index contributed by atoms with van der Waals surface area (Å²) in [6.45, 7) is 1.96. The van der Waals surface area contributed by atoms with Crippen molar-refractivity contribution in [2.24, 2.45) is 0 Å². The number of aromatic amines is 1. The third-order valence-electron chi connectivity index (χ3n) is 2.97. The Bertz CT molecular complexity index is 679. The first-order valence-electron chi connectivity index (χ1n) is 5.42. The van der Waals surface area contributed by atoms with Gasteiger partial charge in [0.25, 0.3) is 0 Å². The van der Waals surface area contributed by atoms with E-state index in [1.54, 1.807) is 6.20 Å². The molecule has 0 amide bonds. The standard InChI is InChI=1S/C13H12N4/c1-8-12(16-17-13(8)14)10-6-7-15-11-5-3-2-4-9(10)11/h2-7H,1H3,(H3,14,16,17). The van der Waals surface area contributed by atoms with Gasteiger partial charge in [-0.2, -0.15) is 5.10 Å². The Balaban J connectivity index is 2.34. The van der Waals surface area contributed by atoms with E-state index in [1.807, 2.05) is 37.3 Å². The van der Waals surface area contributed by atoms with Crippen LogP contribution in [0.15, 0.2) is 36.5 Å². The van der Waals surface area contributed by atoms with Crippen LogP contribution in [-0.2, 0) is 0 Å². The van der Waals surface area contributed by atoms with Crippen LogP contribution in [0, 0.1) is 6.92 Å². The Morgan fingerprint density at radius 1 is 1.18 bits per heavy atom. The van der Waals surface area contributed by atoms with Crippen molar-refractivity contribution in [1.82, 2.24) is 15.2 Å². The first-order valence-corrected chi connectivity index (χ1v) is 5.42. The minimum absolute atomic E-state index is 0.542. The zero-order valence-electron chi connectivity index (χ0n) is 9.44. The fourth-order valence-electron chi connectivity index (χ4n) is 1.99. The minimum atomic E-state index is 0.542. The molecule has 4 nitrogen and oxygen atoms in total. The Morgan fingerprint density at radius 2 is 2.00 bits per heavy atom. The SMILES string of the molecule is Cc1c(N)n[nH]c1-c1ccnc2ccccc12. The van der Waals surface area contributed by atoms with E-state index >= 15 is 0 Å². The van der Waals surface area contributed by atoms with Crippen LogP contribution in [0.5, 0.6) is 0 Å². The van der Waals surface area contributed by atoms with E-state index in [0.717, 1.165) is 27.7 Å². The highest BCUT2D eigenvalue weighted by molar-refractivity contribution is 5.94. The average molecular weight is 224 g/mol. The third kappa shape index (κ3) is 1.45. The maximum absolute atomic E-state index is 5.76. The number of nitrogens with zero attached hydrogens (tertiary/aromatic N) is 2. The summed E-state index contributed by atoms with van der Waals surface area (Å²) in [5, 5.41) is 8.11. The molecule has 17 heavy (non-hydrogen) atoms. The number of nitrogen functional groups attached to an aromatic ring is 1. The molecule has 0 atom stereocenters. The molecule has 0 aliphatic carbocycles. The molecule has 1 aromatic carbocycles. The van der Waals surface area contributed by atoms with Gasteiger partial charge < -0.3 is 5.73 Å². The van der Waals surface area contributed by atoms with Crippen molar-refractivity contribution in [2.45, 2.75) is 6.92 Å². The van der Waals surface area contributed by atoms with E-state index in [2.05, 4.69) is 15.2 Å². The van der Waals surface area contributed by atoms with Crippen molar-refractivity contribution >= 4 is 16.7 Å². The van der Waals surface area contributed by atoms with Gasteiger partial charge in [0.15, 0.2) is 0 Å². The number of nitrogens with one attached hydrogen (secondary N) is 1. The number of hydrogen-bond donors (Lipinski definition) is 2. The number of fused-ring (bicyclic) bond motifs is 1. The third-order valence-corrected chi connectivity index (χ3v) is 2.97. The maximum Gasteiger partial charge on any atom is 0.148 e. The van der Waals surface area contributed by atoms with Gasteiger partial charge in [0, 0.05) is 22.7 Å². The number of aromatic nitrogens is 3. The zero-order chi connectivity index (χ0) is 11.8. The fraction of sp³-hybridized carbons (Fsp3) is 0.0769. The number of benzene rings is 1. The summed E-state index contributed by atoms with van der Waals surface area (Å²) in [5.41, 5.74) is 9.75. The highest BCUT2D eigenvalue weighted by atomic mass is 15.2. The van der Waals surface area contributed by atoms with Crippen LogP contribution in [0.25, 0.3) is 22.2 Å². The van der Waals surface area contributed by atoms with Gasteiger partial charge in [-0.1, -0.05) is 18.2 Å². The van der Waals surface area contributed by atoms with Crippen LogP contribution in [0.1, 0.15) is 5.56 Å². The largest absolute Gasteiger partial charge is 0.382 e. The van der Waals surface area contributed by atoms with Crippen LogP contribution in [0.4, 0.5) is 5.82 Å². The summed E-state index contributed by atoms with van der Waals surface area (Å²) >= 11 is 0. The second kappa shape index (κ2) is 3.59. The molecule has 84 valence electrons. The molecule has 4 heteroatoms. The van der Waals surface area contributed by atoms with Crippen LogP contribution in [0.2, 0.25) is 0 Å². The monoisotopic (exact) mass is 224 g/mol. The summed E-state index contributed by atoms with van der Waals surface area (Å²) in [4.78, 5) is 4.34. The molecule has 3 aromatic rings. The van der Waals surface area contributed by atoms with Gasteiger partial charge in [0.2, 0.25) is 0 Å². The molecule has 0 saturated heterocycles. The van der Waals surface area contributed by atoms with Gasteiger partial charge in [-0.3, -0.25) is 10.1 Å². The molecule has 2 heterocycles. The van der Waals surface area contributed by atoms with Gasteiger partial charge >= 0.3 is 0 Å². The van der Waals surface area contributed by atoms with Gasteiger partial charge in [-0.15, -0.1) is 0 Å². The lowest BCUT2D eigenvalue weighted by Crippen LogP contribution is -1.88. The van der Waals surface area contributed by atoms with Crippen LogP contribution in [0.3, 0.4) is 0 Å². The molecular formula is C13H12N4. The van der Waals surface area contributed by atoms with Crippen molar-refractivity contribution in [3.05, 3.63) is 42.1 Å². The summed E-state index contributed by atoms with van der Waals surface area (Å²) in [6, 6.07) is 10.0. The summed E-state index contributed by atoms with van der Waals surface area (Å²) in [5.74, 6) is 0.542. The van der Waals surface area contributed by atoms with Crippen molar-refractivity contribution in [2.75, 3.05) is 5.73 Å².